The fourth-order valence-corrected chi connectivity index (χ4v) is 3.22. The molecule has 2 rings (SSSR count). The lowest BCUT2D eigenvalue weighted by atomic mass is 10.0. The van der Waals surface area contributed by atoms with E-state index in [9.17, 15) is 0 Å². The number of hydrogen-bond acceptors (Lipinski definition) is 3. The molecular formula is C14H28N2O. The molecule has 2 fully saturated rings. The molecule has 1 N–H and O–H groups in total. The molecular weight excluding hydrogens is 212 g/mol. The highest BCUT2D eigenvalue weighted by molar-refractivity contribution is 4.84. The first-order chi connectivity index (χ1) is 8.42. The smallest absolute Gasteiger partial charge is 0.0635 e. The van der Waals surface area contributed by atoms with Crippen LogP contribution < -0.4 is 5.32 Å². The molecule has 1 aliphatic heterocycles. The molecule has 1 heterocycles. The van der Waals surface area contributed by atoms with Gasteiger partial charge in [0.15, 0.2) is 0 Å². The van der Waals surface area contributed by atoms with E-state index in [-0.39, 0.29) is 0 Å². The highest BCUT2D eigenvalue weighted by Crippen LogP contribution is 2.24. The third-order valence-electron chi connectivity index (χ3n) is 4.20. The molecule has 1 saturated carbocycles. The Bertz CT molecular complexity index is 202. The predicted octanol–water partition coefficient (Wildman–Crippen LogP) is 2.02. The van der Waals surface area contributed by atoms with Crippen molar-refractivity contribution in [3.05, 3.63) is 0 Å². The minimum absolute atomic E-state index is 0.604. The van der Waals surface area contributed by atoms with E-state index in [1.54, 1.807) is 0 Å². The lowest BCUT2D eigenvalue weighted by Crippen LogP contribution is -2.54. The van der Waals surface area contributed by atoms with Crippen LogP contribution in [0.4, 0.5) is 0 Å². The number of likely N-dealkylation sites (N-methyl/N-ethyl adjacent to an activating group) is 1. The summed E-state index contributed by atoms with van der Waals surface area (Å²) in [7, 11) is 0. The molecule has 1 saturated heterocycles. The van der Waals surface area contributed by atoms with Crippen molar-refractivity contribution in [3.63, 3.8) is 0 Å². The lowest BCUT2D eigenvalue weighted by Gasteiger charge is -2.41. The minimum atomic E-state index is 0.604. The molecule has 2 aliphatic rings. The van der Waals surface area contributed by atoms with E-state index in [0.717, 1.165) is 38.9 Å². The number of ether oxygens (including phenoxy) is 1. The van der Waals surface area contributed by atoms with Crippen molar-refractivity contribution in [2.24, 2.45) is 0 Å². The Morgan fingerprint density at radius 1 is 1.18 bits per heavy atom. The number of nitrogens with zero attached hydrogens (tertiary/aromatic N) is 1. The highest BCUT2D eigenvalue weighted by Gasteiger charge is 2.29. The zero-order valence-corrected chi connectivity index (χ0v) is 11.3. The van der Waals surface area contributed by atoms with E-state index in [0.29, 0.717) is 6.04 Å². The number of rotatable bonds is 4. The minimum Gasteiger partial charge on any atom is -0.378 e. The first-order valence-electron chi connectivity index (χ1n) is 7.46. The third kappa shape index (κ3) is 3.94. The Hall–Kier alpha value is -0.120. The molecule has 3 heteroatoms. The van der Waals surface area contributed by atoms with Crippen molar-refractivity contribution in [3.8, 4) is 0 Å². The maximum atomic E-state index is 5.65. The Morgan fingerprint density at radius 2 is 1.94 bits per heavy atom. The van der Waals surface area contributed by atoms with E-state index < -0.39 is 0 Å². The van der Waals surface area contributed by atoms with Crippen molar-refractivity contribution < 1.29 is 4.74 Å². The summed E-state index contributed by atoms with van der Waals surface area (Å²) >= 11 is 0. The first kappa shape index (κ1) is 13.3. The second kappa shape index (κ2) is 7.34. The van der Waals surface area contributed by atoms with Gasteiger partial charge < -0.3 is 10.1 Å². The molecule has 1 unspecified atom stereocenters. The van der Waals surface area contributed by atoms with Gasteiger partial charge in [0, 0.05) is 25.2 Å². The van der Waals surface area contributed by atoms with Gasteiger partial charge in [-0.25, -0.2) is 0 Å². The Kier molecular flexibility index (Phi) is 5.75. The zero-order chi connectivity index (χ0) is 11.9. The van der Waals surface area contributed by atoms with Gasteiger partial charge in [0.1, 0.15) is 0 Å². The Balaban J connectivity index is 1.89. The van der Waals surface area contributed by atoms with E-state index in [2.05, 4.69) is 17.1 Å². The van der Waals surface area contributed by atoms with E-state index in [1.807, 2.05) is 0 Å². The molecule has 0 aromatic heterocycles. The second-order valence-corrected chi connectivity index (χ2v) is 5.42. The van der Waals surface area contributed by atoms with Gasteiger partial charge in [0.05, 0.1) is 13.2 Å². The largest absolute Gasteiger partial charge is 0.378 e. The lowest BCUT2D eigenvalue weighted by molar-refractivity contribution is -0.0308. The standard InChI is InChI=1S/C14H28N2O/c1-2-15-11-14-12-17-10-9-16(14)13-7-5-3-4-6-8-13/h13-15H,2-12H2,1H3. The van der Waals surface area contributed by atoms with Crippen molar-refractivity contribution in [2.75, 3.05) is 32.8 Å². The van der Waals surface area contributed by atoms with Crippen LogP contribution >= 0.6 is 0 Å². The van der Waals surface area contributed by atoms with Crippen LogP contribution in [-0.2, 0) is 4.74 Å². The fraction of sp³-hybridized carbons (Fsp3) is 1.00. The highest BCUT2D eigenvalue weighted by atomic mass is 16.5. The van der Waals surface area contributed by atoms with Gasteiger partial charge in [-0.15, -0.1) is 0 Å². The summed E-state index contributed by atoms with van der Waals surface area (Å²) in [5.41, 5.74) is 0. The van der Waals surface area contributed by atoms with Crippen LogP contribution in [-0.4, -0.2) is 49.8 Å². The summed E-state index contributed by atoms with van der Waals surface area (Å²) in [6.45, 7) is 7.32. The molecule has 0 aromatic carbocycles. The third-order valence-corrected chi connectivity index (χ3v) is 4.20. The average Bonchev–Trinajstić information content (AvgIpc) is 2.65. The van der Waals surface area contributed by atoms with Crippen molar-refractivity contribution >= 4 is 0 Å². The molecule has 0 amide bonds. The summed E-state index contributed by atoms with van der Waals surface area (Å²) in [4.78, 5) is 2.73. The van der Waals surface area contributed by atoms with Crippen LogP contribution in [0, 0.1) is 0 Å². The molecule has 1 aliphatic carbocycles. The topological polar surface area (TPSA) is 24.5 Å². The summed E-state index contributed by atoms with van der Waals surface area (Å²) in [6.07, 6.45) is 8.55. The van der Waals surface area contributed by atoms with Gasteiger partial charge in [-0.1, -0.05) is 32.6 Å². The Labute approximate surface area is 106 Å². The van der Waals surface area contributed by atoms with Gasteiger partial charge >= 0.3 is 0 Å². The normalized spacial score (nSPS) is 29.1. The van der Waals surface area contributed by atoms with E-state index in [4.69, 9.17) is 4.74 Å². The number of nitrogens with one attached hydrogen (secondary N) is 1. The molecule has 0 aromatic rings. The van der Waals surface area contributed by atoms with Crippen molar-refractivity contribution in [1.29, 1.82) is 0 Å². The van der Waals surface area contributed by atoms with Gasteiger partial charge in [-0.05, 0) is 19.4 Å². The van der Waals surface area contributed by atoms with Gasteiger partial charge in [0.25, 0.3) is 0 Å². The Morgan fingerprint density at radius 3 is 2.65 bits per heavy atom. The summed E-state index contributed by atoms with van der Waals surface area (Å²) in [6, 6.07) is 1.43. The molecule has 100 valence electrons. The van der Waals surface area contributed by atoms with E-state index in [1.165, 1.54) is 38.5 Å². The van der Waals surface area contributed by atoms with Crippen molar-refractivity contribution in [1.82, 2.24) is 10.2 Å². The number of morpholine rings is 1. The predicted molar refractivity (Wildman–Crippen MR) is 71.3 cm³/mol. The molecule has 17 heavy (non-hydrogen) atoms. The monoisotopic (exact) mass is 240 g/mol. The molecule has 0 radical (unpaired) electrons. The van der Waals surface area contributed by atoms with Gasteiger partial charge in [-0.2, -0.15) is 0 Å². The van der Waals surface area contributed by atoms with Crippen LogP contribution in [0.15, 0.2) is 0 Å². The van der Waals surface area contributed by atoms with Crippen LogP contribution in [0.3, 0.4) is 0 Å². The van der Waals surface area contributed by atoms with Crippen LogP contribution in [0.25, 0.3) is 0 Å². The first-order valence-corrected chi connectivity index (χ1v) is 7.46. The summed E-state index contributed by atoms with van der Waals surface area (Å²) in [5, 5.41) is 3.48. The van der Waals surface area contributed by atoms with Crippen molar-refractivity contribution in [2.45, 2.75) is 57.5 Å². The second-order valence-electron chi connectivity index (χ2n) is 5.42. The van der Waals surface area contributed by atoms with E-state index >= 15 is 0 Å². The molecule has 1 atom stereocenters. The maximum Gasteiger partial charge on any atom is 0.0635 e. The molecule has 0 spiro atoms. The maximum absolute atomic E-state index is 5.65. The quantitative estimate of drug-likeness (QED) is 0.761. The van der Waals surface area contributed by atoms with Gasteiger partial charge in [0.2, 0.25) is 0 Å². The van der Waals surface area contributed by atoms with Gasteiger partial charge in [-0.3, -0.25) is 4.90 Å². The molecule has 3 nitrogen and oxygen atoms in total. The van der Waals surface area contributed by atoms with Crippen LogP contribution in [0.1, 0.15) is 45.4 Å². The summed E-state index contributed by atoms with van der Waals surface area (Å²) < 4.78 is 5.65. The average molecular weight is 240 g/mol. The summed E-state index contributed by atoms with van der Waals surface area (Å²) in [5.74, 6) is 0. The SMILES string of the molecule is CCNCC1COCCN1C1CCCCCC1. The van der Waals surface area contributed by atoms with Crippen LogP contribution in [0.5, 0.6) is 0 Å². The molecule has 0 bridgehead atoms. The number of hydrogen-bond donors (Lipinski definition) is 1. The fourth-order valence-electron chi connectivity index (χ4n) is 3.22. The van der Waals surface area contributed by atoms with Crippen LogP contribution in [0.2, 0.25) is 0 Å². The zero-order valence-electron chi connectivity index (χ0n) is 11.3.